The molecule has 0 amide bonds. The second-order valence-electron chi connectivity index (χ2n) is 5.21. The number of hydrogen-bond acceptors (Lipinski definition) is 4. The number of aliphatic hydroxyl groups excluding tert-OH is 1. The molecule has 2 aromatic rings. The summed E-state index contributed by atoms with van der Waals surface area (Å²) in [6.45, 7) is 3.44. The molecule has 21 heavy (non-hydrogen) atoms. The lowest BCUT2D eigenvalue weighted by molar-refractivity contribution is 0.172. The summed E-state index contributed by atoms with van der Waals surface area (Å²) in [6.07, 6.45) is 2.45. The first-order valence-electron chi connectivity index (χ1n) is 6.89. The lowest BCUT2D eigenvalue weighted by Gasteiger charge is -2.30. The van der Waals surface area contributed by atoms with Crippen molar-refractivity contribution >= 4 is 26.6 Å². The molecule has 0 saturated heterocycles. The average molecular weight is 311 g/mol. The summed E-state index contributed by atoms with van der Waals surface area (Å²) in [5.41, 5.74) is 6.09. The fraction of sp³-hybridized carbons (Fsp3) is 0.429. The Labute approximate surface area is 124 Å². The van der Waals surface area contributed by atoms with Gasteiger partial charge in [0.05, 0.1) is 12.1 Å². The van der Waals surface area contributed by atoms with E-state index in [-0.39, 0.29) is 11.5 Å². The van der Waals surface area contributed by atoms with Crippen molar-refractivity contribution in [3.8, 4) is 0 Å². The first-order chi connectivity index (χ1) is 9.87. The summed E-state index contributed by atoms with van der Waals surface area (Å²) in [4.78, 5) is 3.07. The van der Waals surface area contributed by atoms with Crippen molar-refractivity contribution < 1.29 is 13.5 Å². The van der Waals surface area contributed by atoms with Gasteiger partial charge < -0.3 is 15.8 Å². The molecule has 2 rings (SSSR count). The van der Waals surface area contributed by atoms with E-state index in [1.54, 1.807) is 18.2 Å². The van der Waals surface area contributed by atoms with Crippen LogP contribution in [0.5, 0.6) is 0 Å². The van der Waals surface area contributed by atoms with E-state index < -0.39 is 15.6 Å². The van der Waals surface area contributed by atoms with Gasteiger partial charge in [0, 0.05) is 22.8 Å². The van der Waals surface area contributed by atoms with E-state index in [1.807, 2.05) is 13.8 Å². The van der Waals surface area contributed by atoms with Crippen LogP contribution in [0.25, 0.3) is 10.9 Å². The highest BCUT2D eigenvalue weighted by atomic mass is 32.2. The SMILES string of the molecule is CCC(CC)(CO)NS(=O)(=O)c1c[nH]c2ccc(N)cc12. The Morgan fingerprint density at radius 3 is 2.57 bits per heavy atom. The molecule has 0 bridgehead atoms. The zero-order valence-electron chi connectivity index (χ0n) is 12.2. The van der Waals surface area contributed by atoms with Gasteiger partial charge in [0.25, 0.3) is 0 Å². The van der Waals surface area contributed by atoms with Crippen molar-refractivity contribution in [2.45, 2.75) is 37.1 Å². The van der Waals surface area contributed by atoms with E-state index in [4.69, 9.17) is 5.73 Å². The van der Waals surface area contributed by atoms with Gasteiger partial charge in [-0.3, -0.25) is 0 Å². The minimum Gasteiger partial charge on any atom is -0.399 e. The zero-order valence-corrected chi connectivity index (χ0v) is 13.0. The number of anilines is 1. The largest absolute Gasteiger partial charge is 0.399 e. The number of H-pyrrole nitrogens is 1. The number of aromatic amines is 1. The second-order valence-corrected chi connectivity index (χ2v) is 6.86. The number of fused-ring (bicyclic) bond motifs is 1. The Bertz CT molecular complexity index is 725. The summed E-state index contributed by atoms with van der Waals surface area (Å²) in [7, 11) is -3.75. The molecule has 1 aromatic carbocycles. The summed E-state index contributed by atoms with van der Waals surface area (Å²) in [5, 5.41) is 10.1. The molecule has 0 spiro atoms. The molecule has 0 radical (unpaired) electrons. The van der Waals surface area contributed by atoms with Gasteiger partial charge >= 0.3 is 0 Å². The maximum absolute atomic E-state index is 12.6. The maximum Gasteiger partial charge on any atom is 0.243 e. The zero-order chi connectivity index (χ0) is 15.7. The Kier molecular flexibility index (Phi) is 4.27. The topological polar surface area (TPSA) is 108 Å². The number of nitrogens with two attached hydrogens (primary N) is 1. The van der Waals surface area contributed by atoms with Crippen LogP contribution in [0, 0.1) is 0 Å². The van der Waals surface area contributed by atoms with E-state index in [1.165, 1.54) is 6.20 Å². The highest BCUT2D eigenvalue weighted by molar-refractivity contribution is 7.89. The van der Waals surface area contributed by atoms with Crippen molar-refractivity contribution in [3.63, 3.8) is 0 Å². The van der Waals surface area contributed by atoms with Gasteiger partial charge in [0.2, 0.25) is 10.0 Å². The van der Waals surface area contributed by atoms with Crippen molar-refractivity contribution in [1.29, 1.82) is 0 Å². The molecule has 1 aromatic heterocycles. The predicted molar refractivity (Wildman–Crippen MR) is 83.4 cm³/mol. The number of aromatic nitrogens is 1. The smallest absolute Gasteiger partial charge is 0.243 e. The van der Waals surface area contributed by atoms with Crippen LogP contribution in [-0.2, 0) is 10.0 Å². The fourth-order valence-electron chi connectivity index (χ4n) is 2.33. The molecule has 0 fully saturated rings. The third kappa shape index (κ3) is 2.90. The monoisotopic (exact) mass is 311 g/mol. The molecular formula is C14H21N3O3S. The lowest BCUT2D eigenvalue weighted by atomic mass is 9.96. The first-order valence-corrected chi connectivity index (χ1v) is 8.37. The van der Waals surface area contributed by atoms with Crippen LogP contribution in [0.1, 0.15) is 26.7 Å². The van der Waals surface area contributed by atoms with E-state index >= 15 is 0 Å². The van der Waals surface area contributed by atoms with Gasteiger partial charge in [-0.1, -0.05) is 13.8 Å². The van der Waals surface area contributed by atoms with Crippen LogP contribution in [-0.4, -0.2) is 30.7 Å². The number of sulfonamides is 1. The Balaban J connectivity index is 2.49. The van der Waals surface area contributed by atoms with Crippen molar-refractivity contribution in [1.82, 2.24) is 9.71 Å². The molecule has 116 valence electrons. The molecular weight excluding hydrogens is 290 g/mol. The number of rotatable bonds is 6. The highest BCUT2D eigenvalue weighted by Gasteiger charge is 2.32. The van der Waals surface area contributed by atoms with E-state index in [0.29, 0.717) is 29.4 Å². The Morgan fingerprint density at radius 1 is 1.33 bits per heavy atom. The fourth-order valence-corrected chi connectivity index (χ4v) is 4.03. The van der Waals surface area contributed by atoms with Crippen LogP contribution in [0.3, 0.4) is 0 Å². The minimum atomic E-state index is -3.75. The van der Waals surface area contributed by atoms with Gasteiger partial charge in [0.15, 0.2) is 0 Å². The lowest BCUT2D eigenvalue weighted by Crippen LogP contribution is -2.50. The Morgan fingerprint density at radius 2 is 2.00 bits per heavy atom. The molecule has 0 aliphatic carbocycles. The maximum atomic E-state index is 12.6. The molecule has 0 aliphatic heterocycles. The summed E-state index contributed by atoms with van der Waals surface area (Å²) < 4.78 is 27.9. The third-order valence-corrected chi connectivity index (χ3v) is 5.58. The summed E-state index contributed by atoms with van der Waals surface area (Å²) >= 11 is 0. The molecule has 6 nitrogen and oxygen atoms in total. The summed E-state index contributed by atoms with van der Waals surface area (Å²) in [5.74, 6) is 0. The predicted octanol–water partition coefficient (Wildman–Crippen LogP) is 1.58. The van der Waals surface area contributed by atoms with Crippen LogP contribution < -0.4 is 10.5 Å². The van der Waals surface area contributed by atoms with Crippen molar-refractivity contribution in [2.24, 2.45) is 0 Å². The molecule has 5 N–H and O–H groups in total. The van der Waals surface area contributed by atoms with Gasteiger partial charge in [-0.15, -0.1) is 0 Å². The molecule has 0 aliphatic rings. The molecule has 0 saturated carbocycles. The number of nitrogens with one attached hydrogen (secondary N) is 2. The van der Waals surface area contributed by atoms with E-state index in [0.717, 1.165) is 0 Å². The second kappa shape index (κ2) is 5.67. The van der Waals surface area contributed by atoms with E-state index in [9.17, 15) is 13.5 Å². The van der Waals surface area contributed by atoms with Crippen LogP contribution in [0.2, 0.25) is 0 Å². The van der Waals surface area contributed by atoms with Gasteiger partial charge in [0.1, 0.15) is 4.90 Å². The number of hydrogen-bond donors (Lipinski definition) is 4. The number of benzene rings is 1. The first kappa shape index (κ1) is 15.8. The summed E-state index contributed by atoms with van der Waals surface area (Å²) in [6, 6.07) is 5.07. The van der Waals surface area contributed by atoms with Crippen molar-refractivity contribution in [3.05, 3.63) is 24.4 Å². The van der Waals surface area contributed by atoms with E-state index in [2.05, 4.69) is 9.71 Å². The number of nitrogen functional groups attached to an aromatic ring is 1. The standard InChI is InChI=1S/C14H21N3O3S/c1-3-14(4-2,9-18)17-21(19,20)13-8-16-12-6-5-10(15)7-11(12)13/h5-8,16-18H,3-4,9,15H2,1-2H3. The number of aliphatic hydroxyl groups is 1. The molecule has 0 unspecified atom stereocenters. The highest BCUT2D eigenvalue weighted by Crippen LogP contribution is 2.27. The quantitative estimate of drug-likeness (QED) is 0.607. The average Bonchev–Trinajstić information content (AvgIpc) is 2.88. The van der Waals surface area contributed by atoms with Crippen LogP contribution in [0.4, 0.5) is 5.69 Å². The van der Waals surface area contributed by atoms with Crippen molar-refractivity contribution in [2.75, 3.05) is 12.3 Å². The normalized spacial score (nSPS) is 12.9. The minimum absolute atomic E-state index is 0.143. The van der Waals surface area contributed by atoms with Crippen LogP contribution in [0.15, 0.2) is 29.3 Å². The van der Waals surface area contributed by atoms with Gasteiger partial charge in [-0.2, -0.15) is 0 Å². The molecule has 1 heterocycles. The van der Waals surface area contributed by atoms with Gasteiger partial charge in [-0.25, -0.2) is 13.1 Å². The van der Waals surface area contributed by atoms with Gasteiger partial charge in [-0.05, 0) is 31.0 Å². The molecule has 0 atom stereocenters. The Hall–Kier alpha value is -1.57. The molecule has 7 heteroatoms. The van der Waals surface area contributed by atoms with Crippen LogP contribution >= 0.6 is 0 Å². The third-order valence-electron chi connectivity index (χ3n) is 3.96.